The summed E-state index contributed by atoms with van der Waals surface area (Å²) in [5, 5.41) is 0. The van der Waals surface area contributed by atoms with E-state index < -0.39 is 0 Å². The molecule has 1 unspecified atom stereocenters. The van der Waals surface area contributed by atoms with E-state index in [1.165, 1.54) is 96.7 Å². The highest BCUT2D eigenvalue weighted by molar-refractivity contribution is 5.71. The molecule has 0 aromatic heterocycles. The van der Waals surface area contributed by atoms with Crippen LogP contribution in [-0.2, 0) is 9.53 Å². The minimum absolute atomic E-state index is 0.0151. The molecule has 0 rings (SSSR count). The molecule has 0 heterocycles. The molecule has 1 atom stereocenters. The second-order valence-electron chi connectivity index (χ2n) is 8.89. The van der Waals surface area contributed by atoms with Gasteiger partial charge in [-0.15, -0.1) is 0 Å². The maximum absolute atomic E-state index is 12.1. The Morgan fingerprint density at radius 2 is 1.14 bits per heavy atom. The smallest absolute Gasteiger partial charge is 0.308 e. The topological polar surface area (TPSA) is 26.3 Å². The number of esters is 1. The number of hydrogen-bond acceptors (Lipinski definition) is 2. The molecule has 3 nitrogen and oxygen atoms in total. The van der Waals surface area contributed by atoms with Gasteiger partial charge >= 0.3 is 5.97 Å². The number of carbonyl (C=O) groups is 1. The van der Waals surface area contributed by atoms with Gasteiger partial charge in [0.15, 0.2) is 0 Å². The number of ether oxygens (including phenoxy) is 1. The molecular formula is C25H52NO2+. The first-order chi connectivity index (χ1) is 13.5. The Balaban J connectivity index is 4.52. The molecule has 0 bridgehead atoms. The Kier molecular flexibility index (Phi) is 18.1. The number of hydrogen-bond donors (Lipinski definition) is 0. The number of unbranched alkanes of at least 4 members (excludes halogenated alkanes) is 9. The summed E-state index contributed by atoms with van der Waals surface area (Å²) >= 11 is 0. The average Bonchev–Trinajstić information content (AvgIpc) is 2.71. The second-order valence-corrected chi connectivity index (χ2v) is 8.89. The molecule has 0 amide bonds. The third-order valence-electron chi connectivity index (χ3n) is 6.28. The van der Waals surface area contributed by atoms with Crippen LogP contribution in [0.1, 0.15) is 118 Å². The van der Waals surface area contributed by atoms with Gasteiger partial charge in [0.25, 0.3) is 0 Å². The Morgan fingerprint density at radius 3 is 1.64 bits per heavy atom. The van der Waals surface area contributed by atoms with E-state index in [4.69, 9.17) is 4.74 Å². The molecule has 28 heavy (non-hydrogen) atoms. The zero-order chi connectivity index (χ0) is 21.1. The standard InChI is InChI=1S/C25H52NO2/c1-6-10-13-14-15-16-17-18-21-26(19-11-7-2,20-12-8-3)22-23-28-25(27)24(5)9-4/h24H,6-23H2,1-5H3/q+1. The SMILES string of the molecule is CCCCCCCCCC[N+](CCCC)(CCCC)CCOC(=O)C(C)CC. The summed E-state index contributed by atoms with van der Waals surface area (Å²) in [6.07, 6.45) is 16.9. The monoisotopic (exact) mass is 398 g/mol. The largest absolute Gasteiger partial charge is 0.459 e. The molecule has 0 radical (unpaired) electrons. The Bertz CT molecular complexity index is 348. The predicted molar refractivity (Wildman–Crippen MR) is 123 cm³/mol. The van der Waals surface area contributed by atoms with Crippen LogP contribution in [0.2, 0.25) is 0 Å². The molecule has 0 aliphatic carbocycles. The van der Waals surface area contributed by atoms with Crippen LogP contribution < -0.4 is 0 Å². The van der Waals surface area contributed by atoms with Gasteiger partial charge < -0.3 is 9.22 Å². The lowest BCUT2D eigenvalue weighted by Gasteiger charge is -2.39. The highest BCUT2D eigenvalue weighted by Crippen LogP contribution is 2.17. The van der Waals surface area contributed by atoms with Crippen molar-refractivity contribution < 1.29 is 14.0 Å². The van der Waals surface area contributed by atoms with Crippen molar-refractivity contribution in [3.05, 3.63) is 0 Å². The summed E-state index contributed by atoms with van der Waals surface area (Å²) < 4.78 is 6.80. The highest BCUT2D eigenvalue weighted by atomic mass is 16.5. The fraction of sp³-hybridized carbons (Fsp3) is 0.960. The van der Waals surface area contributed by atoms with Crippen molar-refractivity contribution in [1.82, 2.24) is 0 Å². The first kappa shape index (κ1) is 27.4. The van der Waals surface area contributed by atoms with Crippen LogP contribution in [0, 0.1) is 5.92 Å². The van der Waals surface area contributed by atoms with Crippen LogP contribution in [0.25, 0.3) is 0 Å². The van der Waals surface area contributed by atoms with E-state index in [1.54, 1.807) is 0 Å². The summed E-state index contributed by atoms with van der Waals surface area (Å²) in [6.45, 7) is 16.2. The molecule has 3 heteroatoms. The van der Waals surface area contributed by atoms with Crippen molar-refractivity contribution >= 4 is 5.97 Å². The van der Waals surface area contributed by atoms with Crippen molar-refractivity contribution in [3.63, 3.8) is 0 Å². The zero-order valence-corrected chi connectivity index (χ0v) is 20.1. The van der Waals surface area contributed by atoms with Crippen molar-refractivity contribution in [1.29, 1.82) is 0 Å². The van der Waals surface area contributed by atoms with E-state index in [1.807, 2.05) is 6.92 Å². The lowest BCUT2D eigenvalue weighted by Crippen LogP contribution is -2.52. The van der Waals surface area contributed by atoms with Crippen LogP contribution in [0.3, 0.4) is 0 Å². The molecule has 0 saturated heterocycles. The van der Waals surface area contributed by atoms with Gasteiger partial charge in [-0.25, -0.2) is 0 Å². The fourth-order valence-corrected chi connectivity index (χ4v) is 3.89. The number of nitrogens with zero attached hydrogens (tertiary/aromatic N) is 1. The minimum atomic E-state index is -0.0151. The maximum Gasteiger partial charge on any atom is 0.308 e. The van der Waals surface area contributed by atoms with Gasteiger partial charge in [0.05, 0.1) is 25.6 Å². The van der Waals surface area contributed by atoms with Crippen LogP contribution in [0.15, 0.2) is 0 Å². The van der Waals surface area contributed by atoms with Gasteiger partial charge in [-0.3, -0.25) is 4.79 Å². The van der Waals surface area contributed by atoms with E-state index in [9.17, 15) is 4.79 Å². The molecule has 0 aromatic carbocycles. The van der Waals surface area contributed by atoms with Crippen LogP contribution in [0.4, 0.5) is 0 Å². The maximum atomic E-state index is 12.1. The van der Waals surface area contributed by atoms with Gasteiger partial charge in [-0.2, -0.15) is 0 Å². The Morgan fingerprint density at radius 1 is 0.679 bits per heavy atom. The molecule has 0 fully saturated rings. The first-order valence-corrected chi connectivity index (χ1v) is 12.6. The van der Waals surface area contributed by atoms with Gasteiger partial charge in [-0.05, 0) is 32.1 Å². The van der Waals surface area contributed by atoms with Crippen LogP contribution in [0.5, 0.6) is 0 Å². The lowest BCUT2D eigenvalue weighted by molar-refractivity contribution is -0.929. The quantitative estimate of drug-likeness (QED) is 0.124. The highest BCUT2D eigenvalue weighted by Gasteiger charge is 2.26. The van der Waals surface area contributed by atoms with E-state index in [-0.39, 0.29) is 11.9 Å². The molecule has 0 aromatic rings. The molecular weight excluding hydrogens is 346 g/mol. The normalized spacial score (nSPS) is 12.9. The third kappa shape index (κ3) is 13.6. The van der Waals surface area contributed by atoms with E-state index in [0.29, 0.717) is 6.61 Å². The summed E-state index contributed by atoms with van der Waals surface area (Å²) in [4.78, 5) is 12.1. The summed E-state index contributed by atoms with van der Waals surface area (Å²) in [5.74, 6) is 0.0135. The molecule has 0 spiro atoms. The fourth-order valence-electron chi connectivity index (χ4n) is 3.89. The Labute approximate surface area is 177 Å². The van der Waals surface area contributed by atoms with Gasteiger partial charge in [0.2, 0.25) is 0 Å². The number of carbonyl (C=O) groups excluding carboxylic acids is 1. The number of quaternary nitrogens is 1. The van der Waals surface area contributed by atoms with Crippen LogP contribution in [-0.4, -0.2) is 43.2 Å². The Hall–Kier alpha value is -0.570. The summed E-state index contributed by atoms with van der Waals surface area (Å²) in [7, 11) is 0. The van der Waals surface area contributed by atoms with Crippen molar-refractivity contribution in [3.8, 4) is 0 Å². The molecule has 0 N–H and O–H groups in total. The lowest BCUT2D eigenvalue weighted by atomic mass is 10.1. The van der Waals surface area contributed by atoms with Crippen LogP contribution >= 0.6 is 0 Å². The van der Waals surface area contributed by atoms with Crippen molar-refractivity contribution in [2.45, 2.75) is 118 Å². The van der Waals surface area contributed by atoms with E-state index in [0.717, 1.165) is 17.4 Å². The molecule has 0 saturated carbocycles. The number of rotatable bonds is 20. The molecule has 0 aliphatic heterocycles. The third-order valence-corrected chi connectivity index (χ3v) is 6.28. The van der Waals surface area contributed by atoms with Gasteiger partial charge in [0.1, 0.15) is 13.2 Å². The summed E-state index contributed by atoms with van der Waals surface area (Å²) in [6, 6.07) is 0. The molecule has 0 aliphatic rings. The summed E-state index contributed by atoms with van der Waals surface area (Å²) in [5.41, 5.74) is 0. The van der Waals surface area contributed by atoms with Gasteiger partial charge in [-0.1, -0.05) is 86.0 Å². The zero-order valence-electron chi connectivity index (χ0n) is 20.1. The van der Waals surface area contributed by atoms with E-state index in [2.05, 4.69) is 27.7 Å². The molecule has 168 valence electrons. The van der Waals surface area contributed by atoms with E-state index >= 15 is 0 Å². The predicted octanol–water partition coefficient (Wildman–Crippen LogP) is 7.13. The van der Waals surface area contributed by atoms with Gasteiger partial charge in [0, 0.05) is 0 Å². The van der Waals surface area contributed by atoms with Crippen molar-refractivity contribution in [2.24, 2.45) is 5.92 Å². The second kappa shape index (κ2) is 18.5. The minimum Gasteiger partial charge on any atom is -0.459 e. The van der Waals surface area contributed by atoms with Crippen molar-refractivity contribution in [2.75, 3.05) is 32.8 Å². The average molecular weight is 399 g/mol. The first-order valence-electron chi connectivity index (χ1n) is 12.6.